The number of sulfonamides is 1. The van der Waals surface area contributed by atoms with Gasteiger partial charge in [0.25, 0.3) is 0 Å². The van der Waals surface area contributed by atoms with Crippen molar-refractivity contribution in [3.05, 3.63) is 24.3 Å². The summed E-state index contributed by atoms with van der Waals surface area (Å²) in [5.41, 5.74) is 0. The third kappa shape index (κ3) is 3.89. The number of ether oxygens (including phenoxy) is 1. The third-order valence-electron chi connectivity index (χ3n) is 4.71. The SMILES string of the molecule is COc1ccc(S(=O)(=O)N2CCCC(C(=O)NCC3CC3)C2)cc1. The fourth-order valence-electron chi connectivity index (χ4n) is 2.98. The first-order valence-electron chi connectivity index (χ1n) is 8.42. The summed E-state index contributed by atoms with van der Waals surface area (Å²) in [6.07, 6.45) is 3.81. The lowest BCUT2D eigenvalue weighted by Crippen LogP contribution is -2.45. The quantitative estimate of drug-likeness (QED) is 0.844. The van der Waals surface area contributed by atoms with Crippen LogP contribution in [-0.2, 0) is 14.8 Å². The summed E-state index contributed by atoms with van der Waals surface area (Å²) in [7, 11) is -2.03. The Hall–Kier alpha value is -1.60. The van der Waals surface area contributed by atoms with E-state index in [1.54, 1.807) is 31.4 Å². The summed E-state index contributed by atoms with van der Waals surface area (Å²) in [6.45, 7) is 1.44. The molecule has 6 nitrogen and oxygen atoms in total. The number of methoxy groups -OCH3 is 1. The van der Waals surface area contributed by atoms with E-state index in [1.165, 1.54) is 17.1 Å². The summed E-state index contributed by atoms with van der Waals surface area (Å²) in [5.74, 6) is 0.962. The van der Waals surface area contributed by atoms with Crippen LogP contribution in [0.25, 0.3) is 0 Å². The van der Waals surface area contributed by atoms with Crippen LogP contribution < -0.4 is 10.1 Å². The van der Waals surface area contributed by atoms with Gasteiger partial charge in [-0.05, 0) is 55.9 Å². The van der Waals surface area contributed by atoms with Gasteiger partial charge in [-0.3, -0.25) is 4.79 Å². The molecule has 1 saturated heterocycles. The highest BCUT2D eigenvalue weighted by Gasteiger charge is 2.33. The monoisotopic (exact) mass is 352 g/mol. The zero-order chi connectivity index (χ0) is 17.2. The van der Waals surface area contributed by atoms with Crippen LogP contribution in [0.4, 0.5) is 0 Å². The number of hydrogen-bond donors (Lipinski definition) is 1. The topological polar surface area (TPSA) is 75.7 Å². The second kappa shape index (κ2) is 7.11. The van der Waals surface area contributed by atoms with E-state index >= 15 is 0 Å². The van der Waals surface area contributed by atoms with Gasteiger partial charge in [-0.15, -0.1) is 0 Å². The van der Waals surface area contributed by atoms with E-state index in [2.05, 4.69) is 5.32 Å². The summed E-state index contributed by atoms with van der Waals surface area (Å²) < 4.78 is 32.1. The Morgan fingerprint density at radius 1 is 1.25 bits per heavy atom. The highest BCUT2D eigenvalue weighted by molar-refractivity contribution is 7.89. The molecule has 1 heterocycles. The largest absolute Gasteiger partial charge is 0.497 e. The van der Waals surface area contributed by atoms with Crippen molar-refractivity contribution in [2.75, 3.05) is 26.7 Å². The molecule has 1 aliphatic carbocycles. The molecule has 1 aromatic carbocycles. The lowest BCUT2D eigenvalue weighted by atomic mass is 9.99. The Balaban J connectivity index is 1.66. The van der Waals surface area contributed by atoms with Crippen molar-refractivity contribution in [3.8, 4) is 5.75 Å². The van der Waals surface area contributed by atoms with Gasteiger partial charge in [0, 0.05) is 19.6 Å². The normalized spacial score (nSPS) is 22.1. The zero-order valence-corrected chi connectivity index (χ0v) is 14.7. The average Bonchev–Trinajstić information content (AvgIpc) is 3.44. The van der Waals surface area contributed by atoms with Gasteiger partial charge in [0.2, 0.25) is 15.9 Å². The molecule has 2 aliphatic rings. The van der Waals surface area contributed by atoms with Crippen LogP contribution in [0.3, 0.4) is 0 Å². The van der Waals surface area contributed by atoms with Gasteiger partial charge in [0.1, 0.15) is 5.75 Å². The second-order valence-corrected chi connectivity index (χ2v) is 8.50. The van der Waals surface area contributed by atoms with E-state index in [9.17, 15) is 13.2 Å². The van der Waals surface area contributed by atoms with Gasteiger partial charge in [0.15, 0.2) is 0 Å². The number of nitrogens with one attached hydrogen (secondary N) is 1. The minimum Gasteiger partial charge on any atom is -0.497 e. The number of benzene rings is 1. The number of carbonyl (C=O) groups is 1. The van der Waals surface area contributed by atoms with E-state index in [0.29, 0.717) is 24.6 Å². The molecule has 0 aromatic heterocycles. The average molecular weight is 352 g/mol. The van der Waals surface area contributed by atoms with Crippen LogP contribution in [-0.4, -0.2) is 45.4 Å². The molecule has 2 fully saturated rings. The van der Waals surface area contributed by atoms with Crippen molar-refractivity contribution < 1.29 is 17.9 Å². The molecule has 1 aliphatic heterocycles. The summed E-state index contributed by atoms with van der Waals surface area (Å²) in [5, 5.41) is 2.96. The van der Waals surface area contributed by atoms with Crippen molar-refractivity contribution in [1.29, 1.82) is 0 Å². The molecule has 1 saturated carbocycles. The predicted molar refractivity (Wildman–Crippen MR) is 90.2 cm³/mol. The maximum atomic E-state index is 12.8. The molecule has 0 spiro atoms. The first-order chi connectivity index (χ1) is 11.5. The Labute approximate surface area is 143 Å². The Bertz CT molecular complexity index is 683. The number of hydrogen-bond acceptors (Lipinski definition) is 4. The van der Waals surface area contributed by atoms with Crippen LogP contribution in [0.2, 0.25) is 0 Å². The van der Waals surface area contributed by atoms with Crippen molar-refractivity contribution in [2.24, 2.45) is 11.8 Å². The maximum Gasteiger partial charge on any atom is 0.243 e. The Kier molecular flexibility index (Phi) is 5.10. The number of carbonyl (C=O) groups excluding carboxylic acids is 1. The lowest BCUT2D eigenvalue weighted by molar-refractivity contribution is -0.126. The van der Waals surface area contributed by atoms with E-state index in [1.807, 2.05) is 0 Å². The molecular formula is C17H24N2O4S. The highest BCUT2D eigenvalue weighted by atomic mass is 32.2. The first-order valence-corrected chi connectivity index (χ1v) is 9.86. The molecule has 24 heavy (non-hydrogen) atoms. The van der Waals surface area contributed by atoms with Crippen LogP contribution in [0, 0.1) is 11.8 Å². The lowest BCUT2D eigenvalue weighted by Gasteiger charge is -2.31. The van der Waals surface area contributed by atoms with Crippen molar-refractivity contribution in [1.82, 2.24) is 9.62 Å². The van der Waals surface area contributed by atoms with E-state index in [-0.39, 0.29) is 23.3 Å². The molecule has 7 heteroatoms. The fourth-order valence-corrected chi connectivity index (χ4v) is 4.51. The number of nitrogens with zero attached hydrogens (tertiary/aromatic N) is 1. The summed E-state index contributed by atoms with van der Waals surface area (Å²) >= 11 is 0. The molecule has 0 radical (unpaired) electrons. The molecule has 1 N–H and O–H groups in total. The van der Waals surface area contributed by atoms with Gasteiger partial charge < -0.3 is 10.1 Å². The Morgan fingerprint density at radius 2 is 1.96 bits per heavy atom. The van der Waals surface area contributed by atoms with Crippen molar-refractivity contribution in [2.45, 2.75) is 30.6 Å². The molecule has 1 amide bonds. The molecule has 132 valence electrons. The van der Waals surface area contributed by atoms with Crippen LogP contribution in [0.1, 0.15) is 25.7 Å². The van der Waals surface area contributed by atoms with Gasteiger partial charge in [-0.2, -0.15) is 4.31 Å². The second-order valence-electron chi connectivity index (χ2n) is 6.57. The molecule has 3 rings (SSSR count). The molecule has 1 unspecified atom stereocenters. The van der Waals surface area contributed by atoms with Crippen molar-refractivity contribution in [3.63, 3.8) is 0 Å². The highest BCUT2D eigenvalue weighted by Crippen LogP contribution is 2.28. The Morgan fingerprint density at radius 3 is 2.58 bits per heavy atom. The van der Waals surface area contributed by atoms with Gasteiger partial charge in [0.05, 0.1) is 17.9 Å². The summed E-state index contributed by atoms with van der Waals surface area (Å²) in [4.78, 5) is 12.5. The first kappa shape index (κ1) is 17.2. The van der Waals surface area contributed by atoms with Crippen LogP contribution >= 0.6 is 0 Å². The molecule has 1 atom stereocenters. The number of piperidine rings is 1. The minimum absolute atomic E-state index is 0.0171. The standard InChI is InChI=1S/C17H24N2O4S/c1-23-15-6-8-16(9-7-15)24(21,22)19-10-2-3-14(12-19)17(20)18-11-13-4-5-13/h6-9,13-14H,2-5,10-12H2,1H3,(H,18,20). The van der Waals surface area contributed by atoms with Gasteiger partial charge in [-0.1, -0.05) is 0 Å². The van der Waals surface area contributed by atoms with Crippen LogP contribution in [0.5, 0.6) is 5.75 Å². The third-order valence-corrected chi connectivity index (χ3v) is 6.59. The van der Waals surface area contributed by atoms with Crippen molar-refractivity contribution >= 4 is 15.9 Å². The molecule has 1 aromatic rings. The number of amides is 1. The number of rotatable bonds is 6. The smallest absolute Gasteiger partial charge is 0.243 e. The van der Waals surface area contributed by atoms with E-state index in [4.69, 9.17) is 4.74 Å². The summed E-state index contributed by atoms with van der Waals surface area (Å²) in [6, 6.07) is 6.36. The van der Waals surface area contributed by atoms with E-state index < -0.39 is 10.0 Å². The minimum atomic E-state index is -3.57. The zero-order valence-electron chi connectivity index (χ0n) is 13.9. The van der Waals surface area contributed by atoms with Gasteiger partial charge in [-0.25, -0.2) is 8.42 Å². The predicted octanol–water partition coefficient (Wildman–Crippen LogP) is 1.62. The maximum absolute atomic E-state index is 12.8. The fraction of sp³-hybridized carbons (Fsp3) is 0.588. The van der Waals surface area contributed by atoms with E-state index in [0.717, 1.165) is 13.0 Å². The molecular weight excluding hydrogens is 328 g/mol. The van der Waals surface area contributed by atoms with Gasteiger partial charge >= 0.3 is 0 Å². The molecule has 0 bridgehead atoms. The van der Waals surface area contributed by atoms with Crippen LogP contribution in [0.15, 0.2) is 29.2 Å².